The summed E-state index contributed by atoms with van der Waals surface area (Å²) >= 11 is 0. The predicted molar refractivity (Wildman–Crippen MR) is 106 cm³/mol. The van der Waals surface area contributed by atoms with E-state index in [9.17, 15) is 9.18 Å². The van der Waals surface area contributed by atoms with Gasteiger partial charge in [-0.1, -0.05) is 12.1 Å². The topological polar surface area (TPSA) is 71.3 Å². The van der Waals surface area contributed by atoms with Crippen LogP contribution < -0.4 is 10.2 Å². The van der Waals surface area contributed by atoms with Crippen LogP contribution >= 0.6 is 0 Å². The number of benzene rings is 2. The third-order valence-electron chi connectivity index (χ3n) is 4.39. The van der Waals surface area contributed by atoms with E-state index in [1.54, 1.807) is 31.2 Å². The second-order valence-corrected chi connectivity index (χ2v) is 6.63. The zero-order chi connectivity index (χ0) is 20.1. The summed E-state index contributed by atoms with van der Waals surface area (Å²) in [6.07, 6.45) is 1.06. The minimum Gasteiger partial charge on any atom is -0.375 e. The summed E-state index contributed by atoms with van der Waals surface area (Å²) in [6, 6.07) is 12.8. The molecule has 3 aromatic rings. The van der Waals surface area contributed by atoms with Gasteiger partial charge in [0.1, 0.15) is 11.9 Å². The maximum atomic E-state index is 13.0. The van der Waals surface area contributed by atoms with Crippen molar-refractivity contribution in [1.29, 1.82) is 0 Å². The summed E-state index contributed by atoms with van der Waals surface area (Å²) in [7, 11) is 2.02. The quantitative estimate of drug-likeness (QED) is 0.663. The summed E-state index contributed by atoms with van der Waals surface area (Å²) in [5, 5.41) is 6.75. The van der Waals surface area contributed by atoms with Gasteiger partial charge in [0.2, 0.25) is 11.7 Å². The fourth-order valence-corrected chi connectivity index (χ4v) is 2.80. The van der Waals surface area contributed by atoms with E-state index in [0.29, 0.717) is 17.0 Å². The monoisotopic (exact) mass is 382 g/mol. The van der Waals surface area contributed by atoms with E-state index in [2.05, 4.69) is 27.3 Å². The highest BCUT2D eigenvalue weighted by Gasteiger charge is 2.18. The third kappa shape index (κ3) is 4.54. The molecule has 7 heteroatoms. The highest BCUT2D eigenvalue weighted by molar-refractivity contribution is 5.94. The molecule has 6 nitrogen and oxygen atoms in total. The molecular formula is C21H23FN4O2. The lowest BCUT2D eigenvalue weighted by Crippen LogP contribution is -2.27. The number of amides is 1. The van der Waals surface area contributed by atoms with Crippen molar-refractivity contribution in [2.24, 2.45) is 0 Å². The molecule has 1 amide bonds. The number of halogens is 1. The number of aromatic nitrogens is 2. The van der Waals surface area contributed by atoms with Crippen LogP contribution in [0.15, 0.2) is 53.1 Å². The number of nitrogens with zero attached hydrogens (tertiary/aromatic N) is 3. The van der Waals surface area contributed by atoms with E-state index in [4.69, 9.17) is 4.52 Å². The van der Waals surface area contributed by atoms with Crippen LogP contribution in [0.5, 0.6) is 0 Å². The lowest BCUT2D eigenvalue weighted by molar-refractivity contribution is 0.0932. The molecule has 0 bridgehead atoms. The first kappa shape index (κ1) is 19.5. The lowest BCUT2D eigenvalue weighted by Gasteiger charge is -2.18. The Balaban J connectivity index is 1.65. The Kier molecular flexibility index (Phi) is 6.03. The minimum atomic E-state index is -0.461. The molecular weight excluding hydrogens is 359 g/mol. The Hall–Kier alpha value is -3.22. The van der Waals surface area contributed by atoms with Gasteiger partial charge < -0.3 is 14.7 Å². The van der Waals surface area contributed by atoms with Crippen LogP contribution in [-0.2, 0) is 0 Å². The number of carbonyl (C=O) groups excluding carboxylic acids is 1. The van der Waals surface area contributed by atoms with E-state index < -0.39 is 6.04 Å². The van der Waals surface area contributed by atoms with Crippen LogP contribution in [0.2, 0.25) is 0 Å². The first-order valence-corrected chi connectivity index (χ1v) is 9.19. The summed E-state index contributed by atoms with van der Waals surface area (Å²) in [6.45, 7) is 4.85. The van der Waals surface area contributed by atoms with Gasteiger partial charge in [-0.2, -0.15) is 4.98 Å². The second kappa shape index (κ2) is 8.65. The van der Waals surface area contributed by atoms with Crippen molar-refractivity contribution >= 4 is 11.6 Å². The highest BCUT2D eigenvalue weighted by atomic mass is 19.1. The maximum absolute atomic E-state index is 13.0. The van der Waals surface area contributed by atoms with Crippen LogP contribution in [0.3, 0.4) is 0 Å². The Morgan fingerprint density at radius 3 is 2.50 bits per heavy atom. The van der Waals surface area contributed by atoms with Gasteiger partial charge in [-0.05, 0) is 61.9 Å². The molecule has 1 heterocycles. The van der Waals surface area contributed by atoms with Crippen LogP contribution in [0.1, 0.15) is 42.6 Å². The van der Waals surface area contributed by atoms with Crippen molar-refractivity contribution in [3.8, 4) is 11.4 Å². The van der Waals surface area contributed by atoms with Gasteiger partial charge in [0, 0.05) is 30.4 Å². The van der Waals surface area contributed by atoms with Crippen molar-refractivity contribution in [3.05, 3.63) is 65.8 Å². The van der Waals surface area contributed by atoms with Crippen LogP contribution in [0, 0.1) is 5.82 Å². The number of hydrogen-bond acceptors (Lipinski definition) is 5. The molecule has 0 spiro atoms. The molecule has 0 aliphatic heterocycles. The highest BCUT2D eigenvalue weighted by Crippen LogP contribution is 2.20. The normalized spacial score (nSPS) is 11.9. The largest absolute Gasteiger partial charge is 0.375 e. The molecule has 0 saturated heterocycles. The predicted octanol–water partition coefficient (Wildman–Crippen LogP) is 4.21. The summed E-state index contributed by atoms with van der Waals surface area (Å²) in [5.41, 5.74) is 2.26. The molecule has 1 N–H and O–H groups in total. The number of anilines is 1. The standard InChI is InChI=1S/C21H23FN4O2/c1-4-13-26(3)18-11-7-16(8-12-18)20(27)23-14(2)21-24-19(25-28-21)15-5-9-17(22)10-6-15/h5-12,14H,4,13H2,1-3H3,(H,23,27). The van der Waals surface area contributed by atoms with Gasteiger partial charge in [-0.3, -0.25) is 4.79 Å². The molecule has 0 radical (unpaired) electrons. The minimum absolute atomic E-state index is 0.223. The Bertz CT molecular complexity index is 922. The molecule has 0 aliphatic rings. The van der Waals surface area contributed by atoms with Crippen molar-refractivity contribution in [3.63, 3.8) is 0 Å². The van der Waals surface area contributed by atoms with Crippen molar-refractivity contribution in [1.82, 2.24) is 15.5 Å². The first-order valence-electron chi connectivity index (χ1n) is 9.19. The molecule has 0 saturated carbocycles. The van der Waals surface area contributed by atoms with Gasteiger partial charge in [0.25, 0.3) is 5.91 Å². The summed E-state index contributed by atoms with van der Waals surface area (Å²) < 4.78 is 18.3. The van der Waals surface area contributed by atoms with Crippen LogP contribution in [0.4, 0.5) is 10.1 Å². The number of hydrogen-bond donors (Lipinski definition) is 1. The van der Waals surface area contributed by atoms with Crippen LogP contribution in [-0.4, -0.2) is 29.6 Å². The summed E-state index contributed by atoms with van der Waals surface area (Å²) in [4.78, 5) is 18.9. The number of rotatable bonds is 7. The van der Waals surface area contributed by atoms with E-state index in [-0.39, 0.29) is 17.6 Å². The first-order chi connectivity index (χ1) is 13.5. The molecule has 28 heavy (non-hydrogen) atoms. The van der Waals surface area contributed by atoms with Gasteiger partial charge in [-0.15, -0.1) is 0 Å². The molecule has 2 aromatic carbocycles. The Morgan fingerprint density at radius 1 is 1.18 bits per heavy atom. The molecule has 0 fully saturated rings. The Morgan fingerprint density at radius 2 is 1.86 bits per heavy atom. The Labute approximate surface area is 163 Å². The number of nitrogens with one attached hydrogen (secondary N) is 1. The molecule has 0 aliphatic carbocycles. The molecule has 1 unspecified atom stereocenters. The van der Waals surface area contributed by atoms with Gasteiger partial charge in [0.15, 0.2) is 0 Å². The maximum Gasteiger partial charge on any atom is 0.251 e. The molecule has 146 valence electrons. The summed E-state index contributed by atoms with van der Waals surface area (Å²) in [5.74, 6) is 0.0742. The van der Waals surface area contributed by atoms with Crippen molar-refractivity contribution < 1.29 is 13.7 Å². The van der Waals surface area contributed by atoms with Gasteiger partial charge in [0.05, 0.1) is 0 Å². The van der Waals surface area contributed by atoms with Gasteiger partial charge >= 0.3 is 0 Å². The van der Waals surface area contributed by atoms with Crippen molar-refractivity contribution in [2.75, 3.05) is 18.5 Å². The van der Waals surface area contributed by atoms with E-state index >= 15 is 0 Å². The zero-order valence-electron chi connectivity index (χ0n) is 16.1. The van der Waals surface area contributed by atoms with E-state index in [1.807, 2.05) is 19.2 Å². The third-order valence-corrected chi connectivity index (χ3v) is 4.39. The number of carbonyl (C=O) groups is 1. The van der Waals surface area contributed by atoms with Gasteiger partial charge in [-0.25, -0.2) is 4.39 Å². The second-order valence-electron chi connectivity index (χ2n) is 6.63. The average Bonchev–Trinajstić information content (AvgIpc) is 3.19. The van der Waals surface area contributed by atoms with E-state index in [1.165, 1.54) is 12.1 Å². The average molecular weight is 382 g/mol. The zero-order valence-corrected chi connectivity index (χ0v) is 16.1. The fourth-order valence-electron chi connectivity index (χ4n) is 2.80. The van der Waals surface area contributed by atoms with Crippen molar-refractivity contribution in [2.45, 2.75) is 26.3 Å². The molecule has 1 atom stereocenters. The van der Waals surface area contributed by atoms with Crippen LogP contribution in [0.25, 0.3) is 11.4 Å². The fraction of sp³-hybridized carbons (Fsp3) is 0.286. The van der Waals surface area contributed by atoms with E-state index in [0.717, 1.165) is 18.7 Å². The SMILES string of the molecule is CCCN(C)c1ccc(C(=O)NC(C)c2nc(-c3ccc(F)cc3)no2)cc1. The molecule has 3 rings (SSSR count). The lowest BCUT2D eigenvalue weighted by atomic mass is 10.1. The molecule has 1 aromatic heterocycles. The smallest absolute Gasteiger partial charge is 0.251 e.